The lowest BCUT2D eigenvalue weighted by molar-refractivity contribution is -0.385. The summed E-state index contributed by atoms with van der Waals surface area (Å²) in [6.45, 7) is 1.54. The summed E-state index contributed by atoms with van der Waals surface area (Å²) >= 11 is 5.95. The minimum absolute atomic E-state index is 0.0165. The van der Waals surface area contributed by atoms with Crippen molar-refractivity contribution in [3.8, 4) is 17.3 Å². The van der Waals surface area contributed by atoms with Gasteiger partial charge in [-0.3, -0.25) is 14.9 Å². The first-order valence-corrected chi connectivity index (χ1v) is 11.6. The normalized spacial score (nSPS) is 13.6. The molecule has 0 saturated heterocycles. The predicted octanol–water partition coefficient (Wildman–Crippen LogP) is 3.07. The molecule has 3 N–H and O–H groups in total. The Hall–Kier alpha value is -3.48. The van der Waals surface area contributed by atoms with Gasteiger partial charge in [-0.15, -0.1) is 0 Å². The fourth-order valence-electron chi connectivity index (χ4n) is 3.08. The second kappa shape index (κ2) is 8.46. The van der Waals surface area contributed by atoms with E-state index >= 15 is 0 Å². The average molecular weight is 492 g/mol. The third-order valence-corrected chi connectivity index (χ3v) is 6.70. The number of benzene rings is 2. The van der Waals surface area contributed by atoms with E-state index in [2.05, 4.69) is 9.82 Å². The van der Waals surface area contributed by atoms with Gasteiger partial charge < -0.3 is 10.5 Å². The van der Waals surface area contributed by atoms with Gasteiger partial charge in [0.25, 0.3) is 11.6 Å². The third-order valence-electron chi connectivity index (χ3n) is 4.91. The zero-order valence-corrected chi connectivity index (χ0v) is 18.8. The molecule has 1 heterocycles. The van der Waals surface area contributed by atoms with Crippen LogP contribution in [0.3, 0.4) is 0 Å². The van der Waals surface area contributed by atoms with Crippen LogP contribution in [0.15, 0.2) is 47.4 Å². The molecule has 0 atom stereocenters. The van der Waals surface area contributed by atoms with Crippen LogP contribution in [0.5, 0.6) is 11.6 Å². The first-order chi connectivity index (χ1) is 15.6. The summed E-state index contributed by atoms with van der Waals surface area (Å²) in [6, 6.07) is 9.44. The molecule has 1 aromatic heterocycles. The number of ether oxygens (including phenoxy) is 1. The Morgan fingerprint density at radius 2 is 1.94 bits per heavy atom. The summed E-state index contributed by atoms with van der Waals surface area (Å²) in [4.78, 5) is 22.0. The zero-order chi connectivity index (χ0) is 23.9. The molecule has 0 spiro atoms. The Morgan fingerprint density at radius 1 is 1.27 bits per heavy atom. The van der Waals surface area contributed by atoms with Crippen molar-refractivity contribution in [1.29, 1.82) is 0 Å². The monoisotopic (exact) mass is 491 g/mol. The summed E-state index contributed by atoms with van der Waals surface area (Å²) in [5.41, 5.74) is 5.66. The summed E-state index contributed by atoms with van der Waals surface area (Å²) in [6.07, 6.45) is 1.35. The fourth-order valence-corrected chi connectivity index (χ4v) is 4.66. The Labute approximate surface area is 193 Å². The van der Waals surface area contributed by atoms with Crippen LogP contribution in [0.4, 0.5) is 5.69 Å². The molecule has 0 aliphatic heterocycles. The van der Waals surface area contributed by atoms with E-state index in [1.807, 2.05) is 0 Å². The molecule has 1 aliphatic carbocycles. The van der Waals surface area contributed by atoms with Crippen LogP contribution >= 0.6 is 11.6 Å². The van der Waals surface area contributed by atoms with Crippen LogP contribution in [-0.4, -0.2) is 35.1 Å². The molecule has 3 aromatic rings. The SMILES string of the molecule is Cc1c(C(N)=O)nn(-c2ccc(Cl)cc2)c1Oc1ccc([N+](=O)[O-])cc1S(=O)(=O)NC1CC1. The number of amides is 1. The highest BCUT2D eigenvalue weighted by Gasteiger charge is 2.32. The average Bonchev–Trinajstić information content (AvgIpc) is 3.50. The van der Waals surface area contributed by atoms with Crippen molar-refractivity contribution in [1.82, 2.24) is 14.5 Å². The highest BCUT2D eigenvalue weighted by atomic mass is 35.5. The minimum Gasteiger partial charge on any atom is -0.437 e. The number of nitro benzene ring substituents is 1. The smallest absolute Gasteiger partial charge is 0.271 e. The van der Waals surface area contributed by atoms with E-state index in [4.69, 9.17) is 22.1 Å². The second-order valence-electron chi connectivity index (χ2n) is 7.42. The number of carbonyl (C=O) groups is 1. The molecule has 1 amide bonds. The quantitative estimate of drug-likeness (QED) is 0.361. The number of sulfonamides is 1. The molecule has 2 aromatic carbocycles. The number of nitrogens with zero attached hydrogens (tertiary/aromatic N) is 3. The van der Waals surface area contributed by atoms with Crippen molar-refractivity contribution >= 4 is 33.2 Å². The van der Waals surface area contributed by atoms with Crippen molar-refractivity contribution in [3.63, 3.8) is 0 Å². The highest BCUT2D eigenvalue weighted by Crippen LogP contribution is 2.36. The number of halogens is 1. The van der Waals surface area contributed by atoms with Crippen LogP contribution in [0.25, 0.3) is 5.69 Å². The first kappa shape index (κ1) is 22.7. The third kappa shape index (κ3) is 4.67. The highest BCUT2D eigenvalue weighted by molar-refractivity contribution is 7.89. The van der Waals surface area contributed by atoms with Crippen LogP contribution in [0, 0.1) is 17.0 Å². The lowest BCUT2D eigenvalue weighted by atomic mass is 10.2. The lowest BCUT2D eigenvalue weighted by Gasteiger charge is -2.14. The molecule has 0 unspecified atom stereocenters. The number of aromatic nitrogens is 2. The first-order valence-electron chi connectivity index (χ1n) is 9.71. The van der Waals surface area contributed by atoms with Gasteiger partial charge in [-0.25, -0.2) is 13.1 Å². The lowest BCUT2D eigenvalue weighted by Crippen LogP contribution is -2.26. The van der Waals surface area contributed by atoms with E-state index in [0.29, 0.717) is 23.6 Å². The van der Waals surface area contributed by atoms with E-state index in [1.54, 1.807) is 24.3 Å². The van der Waals surface area contributed by atoms with Gasteiger partial charge in [-0.05, 0) is 50.1 Å². The van der Waals surface area contributed by atoms with Gasteiger partial charge in [-0.1, -0.05) is 11.6 Å². The number of carbonyl (C=O) groups excluding carboxylic acids is 1. The van der Waals surface area contributed by atoms with Crippen molar-refractivity contribution in [2.45, 2.75) is 30.7 Å². The van der Waals surface area contributed by atoms with Gasteiger partial charge in [0.1, 0.15) is 10.6 Å². The fraction of sp³-hybridized carbons (Fsp3) is 0.200. The summed E-state index contributed by atoms with van der Waals surface area (Å²) in [5.74, 6) is -0.970. The Bertz CT molecular complexity index is 1370. The van der Waals surface area contributed by atoms with Gasteiger partial charge in [0.15, 0.2) is 5.69 Å². The van der Waals surface area contributed by atoms with Crippen molar-refractivity contribution < 1.29 is 22.9 Å². The number of nitro groups is 1. The Balaban J connectivity index is 1.85. The van der Waals surface area contributed by atoms with Gasteiger partial charge in [0.05, 0.1) is 10.6 Å². The number of rotatable bonds is 8. The second-order valence-corrected chi connectivity index (χ2v) is 9.54. The van der Waals surface area contributed by atoms with Crippen molar-refractivity contribution in [2.24, 2.45) is 5.73 Å². The van der Waals surface area contributed by atoms with E-state index in [-0.39, 0.29) is 28.9 Å². The zero-order valence-electron chi connectivity index (χ0n) is 17.2. The van der Waals surface area contributed by atoms with E-state index in [9.17, 15) is 23.3 Å². The van der Waals surface area contributed by atoms with Gasteiger partial charge in [-0.2, -0.15) is 9.78 Å². The van der Waals surface area contributed by atoms with Crippen LogP contribution in [-0.2, 0) is 10.0 Å². The largest absolute Gasteiger partial charge is 0.437 e. The molecular weight excluding hydrogens is 474 g/mol. The molecule has 0 bridgehead atoms. The maximum absolute atomic E-state index is 12.9. The molecule has 13 heteroatoms. The minimum atomic E-state index is -4.13. The van der Waals surface area contributed by atoms with Gasteiger partial charge >= 0.3 is 0 Å². The molecule has 0 radical (unpaired) electrons. The molecule has 1 fully saturated rings. The molecule has 33 heavy (non-hydrogen) atoms. The summed E-state index contributed by atoms with van der Waals surface area (Å²) < 4.78 is 35.6. The van der Waals surface area contributed by atoms with Gasteiger partial charge in [0.2, 0.25) is 15.9 Å². The van der Waals surface area contributed by atoms with Crippen molar-refractivity contribution in [2.75, 3.05) is 0 Å². The number of nitrogens with one attached hydrogen (secondary N) is 1. The predicted molar refractivity (Wildman–Crippen MR) is 118 cm³/mol. The summed E-state index contributed by atoms with van der Waals surface area (Å²) in [5, 5.41) is 15.9. The number of non-ortho nitro benzene ring substituents is 1. The molecular formula is C20H18ClN5O6S. The summed E-state index contributed by atoms with van der Waals surface area (Å²) in [7, 11) is -4.13. The van der Waals surface area contributed by atoms with Crippen LogP contribution in [0.2, 0.25) is 5.02 Å². The molecule has 4 rings (SSSR count). The Kier molecular flexibility index (Phi) is 5.82. The molecule has 172 valence electrons. The topological polar surface area (TPSA) is 159 Å². The number of hydrogen-bond donors (Lipinski definition) is 2. The molecule has 11 nitrogen and oxygen atoms in total. The molecule has 1 aliphatic rings. The standard InChI is InChI=1S/C20H18ClN5O6S/c1-11-18(19(22)27)23-25(14-6-2-12(21)3-7-14)20(11)32-16-9-8-15(26(28)29)10-17(16)33(30,31)24-13-4-5-13/h2-3,6-10,13,24H,4-5H2,1H3,(H2,22,27). The van der Waals surface area contributed by atoms with E-state index in [1.165, 1.54) is 17.7 Å². The van der Waals surface area contributed by atoms with Crippen LogP contribution in [0.1, 0.15) is 28.9 Å². The Morgan fingerprint density at radius 3 is 2.52 bits per heavy atom. The number of hydrogen-bond acceptors (Lipinski definition) is 7. The van der Waals surface area contributed by atoms with E-state index < -0.39 is 31.4 Å². The number of primary amides is 1. The van der Waals surface area contributed by atoms with E-state index in [0.717, 1.165) is 12.1 Å². The van der Waals surface area contributed by atoms with Crippen molar-refractivity contribution in [3.05, 3.63) is 68.9 Å². The maximum Gasteiger partial charge on any atom is 0.271 e. The van der Waals surface area contributed by atoms with Crippen LogP contribution < -0.4 is 15.2 Å². The van der Waals surface area contributed by atoms with Gasteiger partial charge in [0, 0.05) is 28.8 Å². The molecule has 1 saturated carbocycles. The number of nitrogens with two attached hydrogens (primary N) is 1. The maximum atomic E-state index is 12.9.